The first-order chi connectivity index (χ1) is 17.5. The van der Waals surface area contributed by atoms with Gasteiger partial charge in [0.2, 0.25) is 0 Å². The molecule has 1 amide bonds. The van der Waals surface area contributed by atoms with Crippen molar-refractivity contribution in [2.45, 2.75) is 32.2 Å². The first-order valence-corrected chi connectivity index (χ1v) is 11.3. The first kappa shape index (κ1) is 25.7. The van der Waals surface area contributed by atoms with E-state index in [0.29, 0.717) is 5.75 Å². The number of Topliss-reactive ketones (excluding diaryl/α,β-unsaturated/α-hetero) is 1. The summed E-state index contributed by atoms with van der Waals surface area (Å²) in [5.74, 6) is -2.42. The number of ketones is 1. The Morgan fingerprint density at radius 1 is 1.05 bits per heavy atom. The van der Waals surface area contributed by atoms with E-state index in [1.807, 2.05) is 13.8 Å². The lowest BCUT2D eigenvalue weighted by Gasteiger charge is -2.25. The molecular weight excluding hydrogens is 489 g/mol. The summed E-state index contributed by atoms with van der Waals surface area (Å²) < 4.78 is 47.8. The highest BCUT2D eigenvalue weighted by molar-refractivity contribution is 6.51. The third-order valence-electron chi connectivity index (χ3n) is 5.87. The summed E-state index contributed by atoms with van der Waals surface area (Å²) in [6.07, 6.45) is -3.50. The van der Waals surface area contributed by atoms with Gasteiger partial charge in [0, 0.05) is 23.5 Å². The van der Waals surface area contributed by atoms with Crippen molar-refractivity contribution in [2.75, 3.05) is 12.0 Å². The van der Waals surface area contributed by atoms with Gasteiger partial charge in [-0.3, -0.25) is 19.5 Å². The Morgan fingerprint density at radius 3 is 2.43 bits per heavy atom. The molecular formula is C27H23F3N2O5. The van der Waals surface area contributed by atoms with Gasteiger partial charge in [-0.2, -0.15) is 0 Å². The predicted molar refractivity (Wildman–Crippen MR) is 129 cm³/mol. The Kier molecular flexibility index (Phi) is 6.93. The van der Waals surface area contributed by atoms with Gasteiger partial charge in [-0.15, -0.1) is 13.2 Å². The van der Waals surface area contributed by atoms with E-state index in [1.165, 1.54) is 25.4 Å². The van der Waals surface area contributed by atoms with E-state index in [9.17, 15) is 27.9 Å². The van der Waals surface area contributed by atoms with Gasteiger partial charge < -0.3 is 14.6 Å². The lowest BCUT2D eigenvalue weighted by atomic mass is 9.94. The van der Waals surface area contributed by atoms with Crippen LogP contribution in [0.5, 0.6) is 11.5 Å². The van der Waals surface area contributed by atoms with Gasteiger partial charge in [0.1, 0.15) is 23.3 Å². The molecule has 1 aromatic heterocycles. The molecule has 1 unspecified atom stereocenters. The molecule has 192 valence electrons. The maximum Gasteiger partial charge on any atom is 0.573 e. The molecule has 1 saturated heterocycles. The molecule has 10 heteroatoms. The number of pyridine rings is 1. The fourth-order valence-corrected chi connectivity index (χ4v) is 4.24. The number of alkyl halides is 3. The molecule has 3 aromatic rings. The van der Waals surface area contributed by atoms with Gasteiger partial charge in [-0.05, 0) is 53.9 Å². The summed E-state index contributed by atoms with van der Waals surface area (Å²) in [7, 11) is 1.52. The Hall–Kier alpha value is -4.34. The number of amides is 1. The number of anilines is 1. The number of aliphatic hydroxyl groups excluding tert-OH is 1. The molecule has 1 atom stereocenters. The number of ether oxygens (including phenoxy) is 2. The minimum Gasteiger partial charge on any atom is -0.507 e. The van der Waals surface area contributed by atoms with E-state index < -0.39 is 35.6 Å². The number of aliphatic hydroxyl groups is 1. The summed E-state index contributed by atoms with van der Waals surface area (Å²) in [6.45, 7) is 3.87. The summed E-state index contributed by atoms with van der Waals surface area (Å²) >= 11 is 0. The quantitative estimate of drug-likeness (QED) is 0.258. The SMILES string of the molecule is COc1ccc(/C(O)=C2/C(=O)C(=O)N(c3cccc(OC(F)(F)F)c3)C2c2ccccn2)cc1C(C)C. The van der Waals surface area contributed by atoms with Crippen molar-refractivity contribution in [3.05, 3.63) is 89.3 Å². The van der Waals surface area contributed by atoms with Crippen molar-refractivity contribution in [1.29, 1.82) is 0 Å². The van der Waals surface area contributed by atoms with Gasteiger partial charge in [-0.25, -0.2) is 0 Å². The van der Waals surface area contributed by atoms with Crippen molar-refractivity contribution >= 4 is 23.1 Å². The third kappa shape index (κ3) is 5.13. The molecule has 4 rings (SSSR count). The largest absolute Gasteiger partial charge is 0.573 e. The maximum atomic E-state index is 13.3. The minimum absolute atomic E-state index is 0.0214. The molecule has 1 fully saturated rings. The predicted octanol–water partition coefficient (Wildman–Crippen LogP) is 5.74. The second-order valence-electron chi connectivity index (χ2n) is 8.58. The van der Waals surface area contributed by atoms with Crippen LogP contribution in [0.2, 0.25) is 0 Å². The summed E-state index contributed by atoms with van der Waals surface area (Å²) in [4.78, 5) is 31.8. The van der Waals surface area contributed by atoms with Crippen molar-refractivity contribution in [1.82, 2.24) is 4.98 Å². The number of rotatable bonds is 6. The molecule has 7 nitrogen and oxygen atoms in total. The number of hydrogen-bond donors (Lipinski definition) is 1. The smallest absolute Gasteiger partial charge is 0.507 e. The number of methoxy groups -OCH3 is 1. The van der Waals surface area contributed by atoms with Crippen molar-refractivity contribution in [3.8, 4) is 11.5 Å². The lowest BCUT2D eigenvalue weighted by Crippen LogP contribution is -2.30. The van der Waals surface area contributed by atoms with E-state index in [-0.39, 0.29) is 28.4 Å². The number of carbonyl (C=O) groups is 2. The van der Waals surface area contributed by atoms with Crippen LogP contribution in [0.3, 0.4) is 0 Å². The van der Waals surface area contributed by atoms with E-state index in [2.05, 4.69) is 9.72 Å². The van der Waals surface area contributed by atoms with Gasteiger partial charge in [0.05, 0.1) is 18.4 Å². The number of nitrogens with zero attached hydrogens (tertiary/aromatic N) is 2. The molecule has 0 aliphatic carbocycles. The second-order valence-corrected chi connectivity index (χ2v) is 8.58. The average molecular weight is 512 g/mol. The maximum absolute atomic E-state index is 13.3. The van der Waals surface area contributed by atoms with Crippen LogP contribution < -0.4 is 14.4 Å². The van der Waals surface area contributed by atoms with Gasteiger partial charge in [-0.1, -0.05) is 26.0 Å². The van der Waals surface area contributed by atoms with Crippen LogP contribution >= 0.6 is 0 Å². The Morgan fingerprint density at radius 2 is 1.81 bits per heavy atom. The topological polar surface area (TPSA) is 89.0 Å². The summed E-state index contributed by atoms with van der Waals surface area (Å²) in [5.41, 5.74) is 1.01. The van der Waals surface area contributed by atoms with Crippen LogP contribution in [0.15, 0.2) is 72.4 Å². The van der Waals surface area contributed by atoms with Crippen LogP contribution in [0.25, 0.3) is 5.76 Å². The average Bonchev–Trinajstić information content (AvgIpc) is 3.13. The number of aromatic nitrogens is 1. The van der Waals surface area contributed by atoms with Gasteiger partial charge in [0.25, 0.3) is 11.7 Å². The first-order valence-electron chi connectivity index (χ1n) is 11.3. The molecule has 0 spiro atoms. The van der Waals surface area contributed by atoms with E-state index in [4.69, 9.17) is 4.74 Å². The standard InChI is InChI=1S/C27H23F3N2O5/c1-15(2)19-13-16(10-11-21(19)36-3)24(33)22-23(20-9-4-5-12-31-20)32(26(35)25(22)34)17-7-6-8-18(14-17)37-27(28,29)30/h4-15,23,33H,1-3H3/b24-22-. The summed E-state index contributed by atoms with van der Waals surface area (Å²) in [6, 6.07) is 13.2. The normalized spacial score (nSPS) is 17.4. The fourth-order valence-electron chi connectivity index (χ4n) is 4.24. The van der Waals surface area contributed by atoms with Gasteiger partial charge in [0.15, 0.2) is 0 Å². The number of halogens is 3. The zero-order valence-corrected chi connectivity index (χ0v) is 20.1. The van der Waals surface area contributed by atoms with Crippen LogP contribution in [-0.2, 0) is 9.59 Å². The molecule has 1 N–H and O–H groups in total. The van der Waals surface area contributed by atoms with Crippen molar-refractivity contribution in [3.63, 3.8) is 0 Å². The molecule has 2 heterocycles. The lowest BCUT2D eigenvalue weighted by molar-refractivity contribution is -0.274. The summed E-state index contributed by atoms with van der Waals surface area (Å²) in [5, 5.41) is 11.3. The van der Waals surface area contributed by atoms with Crippen LogP contribution in [0.1, 0.15) is 42.6 Å². The Labute approximate surface area is 210 Å². The van der Waals surface area contributed by atoms with E-state index in [0.717, 1.165) is 22.6 Å². The second kappa shape index (κ2) is 9.96. The Bertz CT molecular complexity index is 1370. The van der Waals surface area contributed by atoms with Gasteiger partial charge >= 0.3 is 6.36 Å². The highest BCUT2D eigenvalue weighted by atomic mass is 19.4. The molecule has 37 heavy (non-hydrogen) atoms. The highest BCUT2D eigenvalue weighted by Crippen LogP contribution is 2.43. The molecule has 0 saturated carbocycles. The zero-order valence-electron chi connectivity index (χ0n) is 20.1. The molecule has 0 radical (unpaired) electrons. The Balaban J connectivity index is 1.90. The monoisotopic (exact) mass is 512 g/mol. The molecule has 1 aliphatic rings. The van der Waals surface area contributed by atoms with Crippen LogP contribution in [0, 0.1) is 0 Å². The minimum atomic E-state index is -4.95. The number of carbonyl (C=O) groups excluding carboxylic acids is 2. The third-order valence-corrected chi connectivity index (χ3v) is 5.87. The van der Waals surface area contributed by atoms with Crippen molar-refractivity contribution in [2.24, 2.45) is 0 Å². The molecule has 2 aromatic carbocycles. The number of hydrogen-bond acceptors (Lipinski definition) is 6. The zero-order chi connectivity index (χ0) is 26.9. The van der Waals surface area contributed by atoms with Crippen LogP contribution in [0.4, 0.5) is 18.9 Å². The van der Waals surface area contributed by atoms with Crippen molar-refractivity contribution < 1.29 is 37.3 Å². The van der Waals surface area contributed by atoms with Crippen LogP contribution in [-0.4, -0.2) is 35.3 Å². The molecule has 1 aliphatic heterocycles. The number of benzene rings is 2. The highest BCUT2D eigenvalue weighted by Gasteiger charge is 2.48. The molecule has 0 bridgehead atoms. The van der Waals surface area contributed by atoms with E-state index >= 15 is 0 Å². The van der Waals surface area contributed by atoms with E-state index in [1.54, 1.807) is 36.4 Å². The fraction of sp³-hybridized carbons (Fsp3) is 0.222.